The van der Waals surface area contributed by atoms with E-state index in [9.17, 15) is 4.79 Å². The van der Waals surface area contributed by atoms with Gasteiger partial charge in [-0.15, -0.1) is 0 Å². The van der Waals surface area contributed by atoms with E-state index in [1.807, 2.05) is 6.07 Å². The van der Waals surface area contributed by atoms with E-state index in [1.54, 1.807) is 15.6 Å². The van der Waals surface area contributed by atoms with Crippen LogP contribution in [-0.2, 0) is 6.54 Å². The van der Waals surface area contributed by atoms with Crippen molar-refractivity contribution in [2.24, 2.45) is 0 Å². The van der Waals surface area contributed by atoms with Gasteiger partial charge in [0.1, 0.15) is 12.2 Å². The lowest BCUT2D eigenvalue weighted by Crippen LogP contribution is -2.31. The minimum atomic E-state index is -0.221. The van der Waals surface area contributed by atoms with Crippen molar-refractivity contribution in [1.82, 2.24) is 24.6 Å². The second-order valence-corrected chi connectivity index (χ2v) is 5.89. The fourth-order valence-electron chi connectivity index (χ4n) is 2.99. The van der Waals surface area contributed by atoms with Crippen molar-refractivity contribution in [3.63, 3.8) is 0 Å². The number of likely N-dealkylation sites (tertiary alicyclic amines) is 1. The number of aryl methyl sites for hydroxylation is 1. The summed E-state index contributed by atoms with van der Waals surface area (Å²) in [5, 5.41) is 13.4. The van der Waals surface area contributed by atoms with E-state index in [1.165, 1.54) is 12.4 Å². The highest BCUT2D eigenvalue weighted by Gasteiger charge is 2.31. The number of nitriles is 1. The third kappa shape index (κ3) is 2.98. The number of hydrogen-bond acceptors (Lipinski definition) is 7. The van der Waals surface area contributed by atoms with E-state index in [0.717, 1.165) is 13.0 Å². The zero-order valence-electron chi connectivity index (χ0n) is 13.5. The molecule has 1 amide bonds. The van der Waals surface area contributed by atoms with Gasteiger partial charge in [0.25, 0.3) is 11.8 Å². The van der Waals surface area contributed by atoms with Crippen molar-refractivity contribution in [2.75, 3.05) is 19.7 Å². The highest BCUT2D eigenvalue weighted by Crippen LogP contribution is 2.22. The van der Waals surface area contributed by atoms with E-state index in [-0.39, 0.29) is 23.6 Å². The average molecular weight is 340 g/mol. The van der Waals surface area contributed by atoms with Gasteiger partial charge in [0.2, 0.25) is 11.6 Å². The molecule has 128 valence electrons. The molecular weight excluding hydrogens is 324 g/mol. The van der Waals surface area contributed by atoms with Crippen LogP contribution < -0.4 is 9.47 Å². The molecule has 9 heteroatoms. The number of amides is 1. The molecule has 4 heterocycles. The van der Waals surface area contributed by atoms with Gasteiger partial charge in [-0.2, -0.15) is 10.4 Å². The first-order valence-corrected chi connectivity index (χ1v) is 8.12. The summed E-state index contributed by atoms with van der Waals surface area (Å²) in [4.78, 5) is 22.3. The summed E-state index contributed by atoms with van der Waals surface area (Å²) in [7, 11) is 0. The first kappa shape index (κ1) is 15.4. The van der Waals surface area contributed by atoms with Gasteiger partial charge >= 0.3 is 0 Å². The van der Waals surface area contributed by atoms with Crippen LogP contribution in [0.4, 0.5) is 0 Å². The van der Waals surface area contributed by atoms with Crippen LogP contribution in [0.1, 0.15) is 29.0 Å². The third-order valence-corrected chi connectivity index (χ3v) is 4.21. The number of ether oxygens (including phenoxy) is 2. The molecule has 0 spiro atoms. The molecule has 2 aromatic heterocycles. The maximum atomic E-state index is 12.6. The number of carbonyl (C=O) groups is 1. The van der Waals surface area contributed by atoms with Crippen LogP contribution in [0.2, 0.25) is 0 Å². The summed E-state index contributed by atoms with van der Waals surface area (Å²) in [6, 6.07) is 3.64. The number of fused-ring (bicyclic) bond motifs is 1. The molecule has 0 radical (unpaired) electrons. The lowest BCUT2D eigenvalue weighted by molar-refractivity contribution is 0.0764. The second-order valence-electron chi connectivity index (χ2n) is 5.89. The quantitative estimate of drug-likeness (QED) is 0.806. The average Bonchev–Trinajstić information content (AvgIpc) is 3.28. The molecule has 1 fully saturated rings. The van der Waals surface area contributed by atoms with Gasteiger partial charge in [0, 0.05) is 44.4 Å². The fraction of sp³-hybridized carbons (Fsp3) is 0.438. The molecule has 1 saturated heterocycles. The number of aromatic nitrogens is 4. The Morgan fingerprint density at radius 3 is 3.08 bits per heavy atom. The molecule has 4 rings (SSSR count). The topological polar surface area (TPSA) is 106 Å². The first-order chi connectivity index (χ1) is 12.2. The van der Waals surface area contributed by atoms with Crippen molar-refractivity contribution in [1.29, 1.82) is 5.26 Å². The molecule has 0 aliphatic carbocycles. The van der Waals surface area contributed by atoms with E-state index in [2.05, 4.69) is 15.1 Å². The molecule has 2 aliphatic rings. The van der Waals surface area contributed by atoms with Crippen molar-refractivity contribution in [3.8, 4) is 17.8 Å². The Bertz CT molecular complexity index is 819. The molecule has 25 heavy (non-hydrogen) atoms. The van der Waals surface area contributed by atoms with Crippen LogP contribution in [0.25, 0.3) is 0 Å². The van der Waals surface area contributed by atoms with Gasteiger partial charge in [-0.3, -0.25) is 4.79 Å². The van der Waals surface area contributed by atoms with Gasteiger partial charge in [0.15, 0.2) is 5.69 Å². The molecule has 1 atom stereocenters. The normalized spacial score (nSPS) is 19.0. The smallest absolute Gasteiger partial charge is 0.274 e. The summed E-state index contributed by atoms with van der Waals surface area (Å²) in [5.41, 5.74) is 0.529. The highest BCUT2D eigenvalue weighted by molar-refractivity contribution is 5.92. The van der Waals surface area contributed by atoms with Crippen LogP contribution in [0, 0.1) is 11.3 Å². The summed E-state index contributed by atoms with van der Waals surface area (Å²) in [6.07, 6.45) is 4.25. The number of carbonyl (C=O) groups excluding carboxylic acids is 1. The molecule has 0 N–H and O–H groups in total. The van der Waals surface area contributed by atoms with Crippen LogP contribution in [0.3, 0.4) is 0 Å². The van der Waals surface area contributed by atoms with Crippen molar-refractivity contribution >= 4 is 5.91 Å². The SMILES string of the molecule is N#Cc1nccnc1OC1CCN(C(=O)c2cc3n(n2)CCCO3)C1. The van der Waals surface area contributed by atoms with Gasteiger partial charge in [-0.25, -0.2) is 14.6 Å². The molecular formula is C16H16N6O3. The van der Waals surface area contributed by atoms with Crippen molar-refractivity contribution in [2.45, 2.75) is 25.5 Å². The Morgan fingerprint density at radius 1 is 1.36 bits per heavy atom. The molecule has 0 bridgehead atoms. The lowest BCUT2D eigenvalue weighted by atomic mass is 10.3. The standard InChI is InChI=1S/C16H16N6O3/c17-9-13-15(19-4-3-18-13)25-11-2-6-21(10-11)16(23)12-8-14-22(20-12)5-1-7-24-14/h3-4,8,11H,1-2,5-7,10H2. The van der Waals surface area contributed by atoms with Crippen LogP contribution in [0.15, 0.2) is 18.5 Å². The Balaban J connectivity index is 1.43. The van der Waals surface area contributed by atoms with E-state index < -0.39 is 0 Å². The van der Waals surface area contributed by atoms with Crippen LogP contribution >= 0.6 is 0 Å². The van der Waals surface area contributed by atoms with Gasteiger partial charge in [-0.1, -0.05) is 0 Å². The zero-order chi connectivity index (χ0) is 17.2. The lowest BCUT2D eigenvalue weighted by Gasteiger charge is -2.16. The van der Waals surface area contributed by atoms with E-state index >= 15 is 0 Å². The maximum Gasteiger partial charge on any atom is 0.274 e. The van der Waals surface area contributed by atoms with Gasteiger partial charge < -0.3 is 14.4 Å². The maximum absolute atomic E-state index is 12.6. The van der Waals surface area contributed by atoms with E-state index in [0.29, 0.717) is 37.7 Å². The fourth-order valence-corrected chi connectivity index (χ4v) is 2.99. The predicted octanol–water partition coefficient (Wildman–Crippen LogP) is 0.621. The monoisotopic (exact) mass is 340 g/mol. The molecule has 1 unspecified atom stereocenters. The third-order valence-electron chi connectivity index (χ3n) is 4.21. The van der Waals surface area contributed by atoms with Crippen LogP contribution in [-0.4, -0.2) is 56.4 Å². The predicted molar refractivity (Wildman–Crippen MR) is 84.0 cm³/mol. The Morgan fingerprint density at radius 2 is 2.24 bits per heavy atom. The first-order valence-electron chi connectivity index (χ1n) is 8.12. The van der Waals surface area contributed by atoms with Gasteiger partial charge in [0.05, 0.1) is 13.2 Å². The van der Waals surface area contributed by atoms with Crippen LogP contribution in [0.5, 0.6) is 11.8 Å². The summed E-state index contributed by atoms with van der Waals surface area (Å²) >= 11 is 0. The minimum absolute atomic E-state index is 0.142. The Labute approximate surface area is 143 Å². The summed E-state index contributed by atoms with van der Waals surface area (Å²) in [6.45, 7) is 2.40. The van der Waals surface area contributed by atoms with Crippen molar-refractivity contribution < 1.29 is 14.3 Å². The molecule has 0 aromatic carbocycles. The summed E-state index contributed by atoms with van der Waals surface area (Å²) in [5.74, 6) is 0.700. The number of nitrogens with zero attached hydrogens (tertiary/aromatic N) is 6. The number of hydrogen-bond donors (Lipinski definition) is 0. The second kappa shape index (κ2) is 6.39. The highest BCUT2D eigenvalue weighted by atomic mass is 16.5. The largest absolute Gasteiger partial charge is 0.478 e. The zero-order valence-corrected chi connectivity index (χ0v) is 13.5. The molecule has 2 aromatic rings. The minimum Gasteiger partial charge on any atom is -0.478 e. The van der Waals surface area contributed by atoms with Crippen molar-refractivity contribution in [3.05, 3.63) is 29.8 Å². The number of rotatable bonds is 3. The summed E-state index contributed by atoms with van der Waals surface area (Å²) < 4.78 is 13.0. The molecule has 9 nitrogen and oxygen atoms in total. The molecule has 2 aliphatic heterocycles. The van der Waals surface area contributed by atoms with E-state index in [4.69, 9.17) is 14.7 Å². The Kier molecular flexibility index (Phi) is 3.93. The molecule has 0 saturated carbocycles. The van der Waals surface area contributed by atoms with Gasteiger partial charge in [-0.05, 0) is 0 Å². The Hall–Kier alpha value is -3.15.